The van der Waals surface area contributed by atoms with Crippen LogP contribution in [0.1, 0.15) is 53.7 Å². The van der Waals surface area contributed by atoms with E-state index in [9.17, 15) is 4.79 Å². The molecule has 2 heteroatoms. The Morgan fingerprint density at radius 2 is 1.89 bits per heavy atom. The molecule has 0 aliphatic heterocycles. The molecule has 1 aromatic carbocycles. The summed E-state index contributed by atoms with van der Waals surface area (Å²) >= 11 is 0. The van der Waals surface area contributed by atoms with Gasteiger partial charge in [0.15, 0.2) is 5.78 Å². The van der Waals surface area contributed by atoms with Crippen LogP contribution in [-0.4, -0.2) is 10.8 Å². The summed E-state index contributed by atoms with van der Waals surface area (Å²) in [4.78, 5) is 16.1. The first-order chi connectivity index (χ1) is 9.16. The molecule has 1 heterocycles. The zero-order chi connectivity index (χ0) is 13.4. The van der Waals surface area contributed by atoms with Gasteiger partial charge in [0.2, 0.25) is 0 Å². The number of Topliss-reactive ketones (excluding diaryl/α,β-unsaturated/α-hetero) is 1. The molecular formula is C17H21NO. The van der Waals surface area contributed by atoms with Gasteiger partial charge in [0.05, 0.1) is 0 Å². The lowest BCUT2D eigenvalue weighted by Gasteiger charge is -2.20. The molecule has 0 unspecified atom stereocenters. The molecule has 0 amide bonds. The van der Waals surface area contributed by atoms with Gasteiger partial charge < -0.3 is 4.98 Å². The van der Waals surface area contributed by atoms with Crippen molar-refractivity contribution in [3.8, 4) is 0 Å². The second kappa shape index (κ2) is 4.84. The largest absolute Gasteiger partial charge is 0.358 e. The van der Waals surface area contributed by atoms with E-state index in [4.69, 9.17) is 0 Å². The van der Waals surface area contributed by atoms with Crippen molar-refractivity contribution in [2.45, 2.75) is 46.0 Å². The molecule has 100 valence electrons. The van der Waals surface area contributed by atoms with Crippen LogP contribution < -0.4 is 0 Å². The van der Waals surface area contributed by atoms with Crippen LogP contribution in [0.2, 0.25) is 0 Å². The Bertz CT molecular complexity index is 617. The third kappa shape index (κ3) is 2.20. The fourth-order valence-electron chi connectivity index (χ4n) is 3.33. The van der Waals surface area contributed by atoms with Gasteiger partial charge in [-0.2, -0.15) is 0 Å². The van der Waals surface area contributed by atoms with Crippen LogP contribution in [0.15, 0.2) is 18.2 Å². The summed E-state index contributed by atoms with van der Waals surface area (Å²) in [5.41, 5.74) is 4.26. The Morgan fingerprint density at radius 3 is 2.63 bits per heavy atom. The SMILES string of the molecule is Cc1ccc2[nH]c(C)c(C(=O)C3CCCCC3)c2c1. The van der Waals surface area contributed by atoms with E-state index >= 15 is 0 Å². The lowest BCUT2D eigenvalue weighted by molar-refractivity contribution is 0.0890. The number of benzene rings is 1. The minimum absolute atomic E-state index is 0.243. The van der Waals surface area contributed by atoms with Gasteiger partial charge in [-0.15, -0.1) is 0 Å². The number of hydrogen-bond donors (Lipinski definition) is 1. The Balaban J connectivity index is 2.05. The number of hydrogen-bond acceptors (Lipinski definition) is 1. The van der Waals surface area contributed by atoms with Crippen molar-refractivity contribution in [1.82, 2.24) is 4.98 Å². The van der Waals surface area contributed by atoms with Gasteiger partial charge in [0, 0.05) is 28.1 Å². The standard InChI is InChI=1S/C17H21NO/c1-11-8-9-15-14(10-11)16(12(2)18-15)17(19)13-6-4-3-5-7-13/h8-10,13,18H,3-7H2,1-2H3. The molecule has 1 aliphatic carbocycles. The Kier molecular flexibility index (Phi) is 3.17. The average molecular weight is 255 g/mol. The fourth-order valence-corrected chi connectivity index (χ4v) is 3.33. The summed E-state index contributed by atoms with van der Waals surface area (Å²) in [6, 6.07) is 6.30. The summed E-state index contributed by atoms with van der Waals surface area (Å²) in [5, 5.41) is 1.10. The van der Waals surface area contributed by atoms with Crippen LogP contribution in [0, 0.1) is 19.8 Å². The average Bonchev–Trinajstić information content (AvgIpc) is 2.74. The Labute approximate surface area is 114 Å². The van der Waals surface area contributed by atoms with Crippen LogP contribution in [-0.2, 0) is 0 Å². The highest BCUT2D eigenvalue weighted by Gasteiger charge is 2.26. The zero-order valence-electron chi connectivity index (χ0n) is 11.8. The molecule has 1 N–H and O–H groups in total. The maximum atomic E-state index is 12.8. The number of H-pyrrole nitrogens is 1. The summed E-state index contributed by atoms with van der Waals surface area (Å²) in [5.74, 6) is 0.598. The minimum Gasteiger partial charge on any atom is -0.358 e. The number of nitrogens with one attached hydrogen (secondary N) is 1. The summed E-state index contributed by atoms with van der Waals surface area (Å²) in [7, 11) is 0. The molecule has 1 aromatic heterocycles. The van der Waals surface area contributed by atoms with Crippen molar-refractivity contribution >= 4 is 16.7 Å². The van der Waals surface area contributed by atoms with Crippen molar-refractivity contribution in [2.75, 3.05) is 0 Å². The van der Waals surface area contributed by atoms with Crippen LogP contribution in [0.3, 0.4) is 0 Å². The minimum atomic E-state index is 0.243. The molecule has 19 heavy (non-hydrogen) atoms. The number of carbonyl (C=O) groups is 1. The van der Waals surface area contributed by atoms with Gasteiger partial charge in [0.25, 0.3) is 0 Å². The zero-order valence-corrected chi connectivity index (χ0v) is 11.8. The number of aromatic nitrogens is 1. The number of aromatic amines is 1. The van der Waals surface area contributed by atoms with E-state index in [1.54, 1.807) is 0 Å². The predicted octanol–water partition coefficient (Wildman–Crippen LogP) is 4.55. The predicted molar refractivity (Wildman–Crippen MR) is 78.7 cm³/mol. The highest BCUT2D eigenvalue weighted by molar-refractivity contribution is 6.10. The first-order valence-electron chi connectivity index (χ1n) is 7.30. The van der Waals surface area contributed by atoms with E-state index in [0.29, 0.717) is 5.78 Å². The monoisotopic (exact) mass is 255 g/mol. The van der Waals surface area contributed by atoms with E-state index in [1.165, 1.54) is 24.8 Å². The van der Waals surface area contributed by atoms with Gasteiger partial charge >= 0.3 is 0 Å². The molecule has 0 atom stereocenters. The van der Waals surface area contributed by atoms with Crippen LogP contribution in [0.25, 0.3) is 10.9 Å². The quantitative estimate of drug-likeness (QED) is 0.785. The van der Waals surface area contributed by atoms with Crippen molar-refractivity contribution in [3.63, 3.8) is 0 Å². The van der Waals surface area contributed by atoms with Crippen molar-refractivity contribution in [3.05, 3.63) is 35.0 Å². The van der Waals surface area contributed by atoms with Gasteiger partial charge in [-0.05, 0) is 38.8 Å². The number of carbonyl (C=O) groups excluding carboxylic acids is 1. The molecule has 1 aliphatic rings. The molecule has 0 radical (unpaired) electrons. The molecule has 0 bridgehead atoms. The second-order valence-electron chi connectivity index (χ2n) is 5.87. The van der Waals surface area contributed by atoms with Crippen LogP contribution >= 0.6 is 0 Å². The summed E-state index contributed by atoms with van der Waals surface area (Å²) in [6.07, 6.45) is 5.83. The van der Waals surface area contributed by atoms with E-state index < -0.39 is 0 Å². The lowest BCUT2D eigenvalue weighted by Crippen LogP contribution is -2.18. The molecule has 0 spiro atoms. The molecule has 1 fully saturated rings. The second-order valence-corrected chi connectivity index (χ2v) is 5.87. The van der Waals surface area contributed by atoms with Gasteiger partial charge in [-0.25, -0.2) is 0 Å². The number of aryl methyl sites for hydroxylation is 2. The van der Waals surface area contributed by atoms with Crippen molar-refractivity contribution in [1.29, 1.82) is 0 Å². The number of ketones is 1. The molecular weight excluding hydrogens is 234 g/mol. The highest BCUT2D eigenvalue weighted by Crippen LogP contribution is 2.31. The summed E-state index contributed by atoms with van der Waals surface area (Å²) < 4.78 is 0. The molecule has 1 saturated carbocycles. The van der Waals surface area contributed by atoms with Crippen molar-refractivity contribution < 1.29 is 4.79 Å². The number of rotatable bonds is 2. The maximum Gasteiger partial charge on any atom is 0.168 e. The highest BCUT2D eigenvalue weighted by atomic mass is 16.1. The maximum absolute atomic E-state index is 12.8. The Morgan fingerprint density at radius 1 is 1.16 bits per heavy atom. The normalized spacial score (nSPS) is 16.9. The smallest absolute Gasteiger partial charge is 0.168 e. The summed E-state index contributed by atoms with van der Waals surface area (Å²) in [6.45, 7) is 4.10. The van der Waals surface area contributed by atoms with E-state index in [-0.39, 0.29) is 5.92 Å². The first kappa shape index (κ1) is 12.5. The third-order valence-corrected chi connectivity index (χ3v) is 4.36. The third-order valence-electron chi connectivity index (χ3n) is 4.36. The molecule has 0 saturated heterocycles. The van der Waals surface area contributed by atoms with Gasteiger partial charge in [-0.3, -0.25) is 4.79 Å². The fraction of sp³-hybridized carbons (Fsp3) is 0.471. The van der Waals surface area contributed by atoms with Gasteiger partial charge in [0.1, 0.15) is 0 Å². The van der Waals surface area contributed by atoms with E-state index in [0.717, 1.165) is 35.0 Å². The Hall–Kier alpha value is -1.57. The molecule has 2 nitrogen and oxygen atoms in total. The van der Waals surface area contributed by atoms with Gasteiger partial charge in [-0.1, -0.05) is 30.9 Å². The first-order valence-corrected chi connectivity index (χ1v) is 7.30. The topological polar surface area (TPSA) is 32.9 Å². The number of fused-ring (bicyclic) bond motifs is 1. The lowest BCUT2D eigenvalue weighted by atomic mass is 9.83. The molecule has 2 aromatic rings. The van der Waals surface area contributed by atoms with Crippen molar-refractivity contribution in [2.24, 2.45) is 5.92 Å². The van der Waals surface area contributed by atoms with E-state index in [2.05, 4.69) is 30.1 Å². The van der Waals surface area contributed by atoms with E-state index in [1.807, 2.05) is 6.92 Å². The van der Waals surface area contributed by atoms with Crippen LogP contribution in [0.4, 0.5) is 0 Å². The molecule has 3 rings (SSSR count). The van der Waals surface area contributed by atoms with Crippen LogP contribution in [0.5, 0.6) is 0 Å².